The highest BCUT2D eigenvalue weighted by Crippen LogP contribution is 2.33. The van der Waals surface area contributed by atoms with Crippen molar-refractivity contribution in [1.82, 2.24) is 15.6 Å². The fourth-order valence-electron chi connectivity index (χ4n) is 3.69. The number of fused-ring (bicyclic) bond motifs is 2. The fourth-order valence-corrected chi connectivity index (χ4v) is 4.83. The number of aliphatic carboxylic acids is 1. The van der Waals surface area contributed by atoms with Gasteiger partial charge in [0.1, 0.15) is 11.7 Å². The summed E-state index contributed by atoms with van der Waals surface area (Å²) in [6.45, 7) is 0. The maximum Gasteiger partial charge on any atom is 0.321 e. The molecule has 2 amide bonds. The Morgan fingerprint density at radius 1 is 1.27 bits per heavy atom. The van der Waals surface area contributed by atoms with Gasteiger partial charge in [-0.1, -0.05) is 35.9 Å². The zero-order chi connectivity index (χ0) is 21.4. The number of carbonyl (C=O) groups is 3. The summed E-state index contributed by atoms with van der Waals surface area (Å²) in [6, 6.07) is 8.93. The van der Waals surface area contributed by atoms with Crippen molar-refractivity contribution in [2.75, 3.05) is 0 Å². The first-order valence-electron chi connectivity index (χ1n) is 9.26. The lowest BCUT2D eigenvalue weighted by molar-refractivity contribution is -0.140. The molecule has 1 aromatic carbocycles. The third kappa shape index (κ3) is 4.04. The van der Waals surface area contributed by atoms with E-state index in [9.17, 15) is 14.4 Å². The van der Waals surface area contributed by atoms with Crippen LogP contribution in [0, 0.1) is 0 Å². The van der Waals surface area contributed by atoms with Crippen LogP contribution < -0.4 is 16.4 Å². The molecule has 10 heteroatoms. The molecule has 0 saturated heterocycles. The Balaban J connectivity index is 1.51. The standard InChI is InChI=1S/C20H19ClN4O4S/c21-16-8-12-15(30-16)7-14(23-12)19(27)24-13-5-9-3-1-2-4-10(9)18(13)25-17(26)6-11(22)20(28)29/h1-4,7-8,11,13,18,23H,5-6,22H2,(H,24,27)(H,25,26)(H,28,29)/t11-,13+,18+/m0/s1. The quantitative estimate of drug-likeness (QED) is 0.395. The summed E-state index contributed by atoms with van der Waals surface area (Å²) < 4.78 is 1.52. The van der Waals surface area contributed by atoms with Gasteiger partial charge in [0, 0.05) is 0 Å². The lowest BCUT2D eigenvalue weighted by Crippen LogP contribution is -2.46. The average Bonchev–Trinajstić information content (AvgIpc) is 3.33. The lowest BCUT2D eigenvalue weighted by atomic mass is 10.1. The van der Waals surface area contributed by atoms with E-state index in [0.717, 1.165) is 21.3 Å². The summed E-state index contributed by atoms with van der Waals surface area (Å²) in [4.78, 5) is 39.2. The third-order valence-electron chi connectivity index (χ3n) is 5.11. The number of amides is 2. The van der Waals surface area contributed by atoms with E-state index < -0.39 is 24.0 Å². The number of aromatic amines is 1. The summed E-state index contributed by atoms with van der Waals surface area (Å²) in [7, 11) is 0. The number of thiophene rings is 1. The van der Waals surface area contributed by atoms with Crippen molar-refractivity contribution < 1.29 is 19.5 Å². The van der Waals surface area contributed by atoms with Gasteiger partial charge in [-0.2, -0.15) is 0 Å². The molecule has 0 unspecified atom stereocenters. The minimum absolute atomic E-state index is 0.297. The summed E-state index contributed by atoms with van der Waals surface area (Å²) in [5, 5.41) is 14.7. The van der Waals surface area contributed by atoms with E-state index in [2.05, 4.69) is 15.6 Å². The van der Waals surface area contributed by atoms with Crippen molar-refractivity contribution in [2.45, 2.75) is 31.0 Å². The van der Waals surface area contributed by atoms with E-state index >= 15 is 0 Å². The van der Waals surface area contributed by atoms with Crippen LogP contribution >= 0.6 is 22.9 Å². The van der Waals surface area contributed by atoms with E-state index in [1.807, 2.05) is 24.3 Å². The fraction of sp³-hybridized carbons (Fsp3) is 0.250. The Kier molecular flexibility index (Phi) is 5.50. The molecule has 2 heterocycles. The number of carboxylic acids is 1. The van der Waals surface area contributed by atoms with Gasteiger partial charge in [0.2, 0.25) is 5.91 Å². The Hall–Kier alpha value is -2.88. The molecule has 4 rings (SSSR count). The van der Waals surface area contributed by atoms with Crippen LogP contribution in [-0.2, 0) is 16.0 Å². The number of aromatic nitrogens is 1. The smallest absolute Gasteiger partial charge is 0.321 e. The van der Waals surface area contributed by atoms with Gasteiger partial charge in [-0.25, -0.2) is 0 Å². The van der Waals surface area contributed by atoms with Crippen molar-refractivity contribution in [2.24, 2.45) is 5.73 Å². The van der Waals surface area contributed by atoms with E-state index in [1.54, 1.807) is 12.1 Å². The SMILES string of the molecule is N[C@@H](CC(=O)N[C@@H]1c2ccccc2C[C@H]1NC(=O)c1cc2sc(Cl)cc2[nH]1)C(=O)O. The first-order valence-corrected chi connectivity index (χ1v) is 10.5. The molecule has 1 aliphatic carbocycles. The van der Waals surface area contributed by atoms with E-state index in [0.29, 0.717) is 16.5 Å². The van der Waals surface area contributed by atoms with Gasteiger partial charge in [-0.3, -0.25) is 14.4 Å². The van der Waals surface area contributed by atoms with Gasteiger partial charge in [0.25, 0.3) is 5.91 Å². The van der Waals surface area contributed by atoms with Crippen LogP contribution in [0.25, 0.3) is 10.2 Å². The number of hydrogen-bond acceptors (Lipinski definition) is 5. The molecule has 0 fully saturated rings. The molecule has 156 valence electrons. The van der Waals surface area contributed by atoms with E-state index in [1.165, 1.54) is 11.3 Å². The highest BCUT2D eigenvalue weighted by molar-refractivity contribution is 7.22. The maximum absolute atomic E-state index is 12.8. The number of nitrogens with two attached hydrogens (primary N) is 1. The number of H-pyrrole nitrogens is 1. The van der Waals surface area contributed by atoms with Crippen molar-refractivity contribution in [3.05, 3.63) is 57.6 Å². The highest BCUT2D eigenvalue weighted by atomic mass is 35.5. The van der Waals surface area contributed by atoms with Crippen LogP contribution in [0.15, 0.2) is 36.4 Å². The maximum atomic E-state index is 12.8. The second-order valence-corrected chi connectivity index (χ2v) is 8.90. The second kappa shape index (κ2) is 8.10. The van der Waals surface area contributed by atoms with Crippen LogP contribution in [0.2, 0.25) is 4.34 Å². The normalized spacial score (nSPS) is 18.7. The predicted octanol–water partition coefficient (Wildman–Crippen LogP) is 2.20. The van der Waals surface area contributed by atoms with E-state index in [4.69, 9.17) is 22.4 Å². The molecular formula is C20H19ClN4O4S. The highest BCUT2D eigenvalue weighted by Gasteiger charge is 2.35. The van der Waals surface area contributed by atoms with Crippen molar-refractivity contribution in [3.63, 3.8) is 0 Å². The monoisotopic (exact) mass is 446 g/mol. The van der Waals surface area contributed by atoms with Gasteiger partial charge >= 0.3 is 5.97 Å². The predicted molar refractivity (Wildman–Crippen MR) is 114 cm³/mol. The van der Waals surface area contributed by atoms with Crippen LogP contribution in [0.4, 0.5) is 0 Å². The van der Waals surface area contributed by atoms with Gasteiger partial charge in [-0.05, 0) is 29.7 Å². The van der Waals surface area contributed by atoms with Crippen LogP contribution in [-0.4, -0.2) is 40.0 Å². The first-order chi connectivity index (χ1) is 14.3. The Morgan fingerprint density at radius 3 is 2.77 bits per heavy atom. The molecule has 6 N–H and O–H groups in total. The molecule has 0 radical (unpaired) electrons. The molecule has 1 aliphatic rings. The van der Waals surface area contributed by atoms with Gasteiger partial charge in [0.15, 0.2) is 0 Å². The summed E-state index contributed by atoms with van der Waals surface area (Å²) in [6.07, 6.45) is 0.196. The number of halogens is 1. The van der Waals surface area contributed by atoms with Gasteiger partial charge in [-0.15, -0.1) is 11.3 Å². The van der Waals surface area contributed by atoms with Gasteiger partial charge < -0.3 is 26.5 Å². The lowest BCUT2D eigenvalue weighted by Gasteiger charge is -2.23. The third-order valence-corrected chi connectivity index (χ3v) is 6.32. The molecule has 0 aliphatic heterocycles. The molecule has 30 heavy (non-hydrogen) atoms. The first kappa shape index (κ1) is 20.4. The van der Waals surface area contributed by atoms with Crippen LogP contribution in [0.1, 0.15) is 34.1 Å². The average molecular weight is 447 g/mol. The zero-order valence-electron chi connectivity index (χ0n) is 15.6. The van der Waals surface area contributed by atoms with Crippen molar-refractivity contribution >= 4 is 50.9 Å². The summed E-state index contributed by atoms with van der Waals surface area (Å²) in [5.41, 5.74) is 8.56. The number of hydrogen-bond donors (Lipinski definition) is 5. The zero-order valence-corrected chi connectivity index (χ0v) is 17.2. The summed E-state index contributed by atoms with van der Waals surface area (Å²) in [5.74, 6) is -2.02. The van der Waals surface area contributed by atoms with Crippen molar-refractivity contribution in [3.8, 4) is 0 Å². The second-order valence-electron chi connectivity index (χ2n) is 7.19. The van der Waals surface area contributed by atoms with Gasteiger partial charge in [0.05, 0.1) is 33.1 Å². The molecular weight excluding hydrogens is 428 g/mol. The number of carbonyl (C=O) groups excluding carboxylic acids is 2. The Bertz CT molecular complexity index is 1110. The minimum atomic E-state index is -1.28. The van der Waals surface area contributed by atoms with Crippen LogP contribution in [0.3, 0.4) is 0 Å². The minimum Gasteiger partial charge on any atom is -0.480 e. The number of nitrogens with one attached hydrogen (secondary N) is 3. The van der Waals surface area contributed by atoms with Crippen molar-refractivity contribution in [1.29, 1.82) is 0 Å². The Morgan fingerprint density at radius 2 is 2.03 bits per heavy atom. The number of rotatable bonds is 6. The number of carboxylic acid groups (broad SMARTS) is 1. The molecule has 8 nitrogen and oxygen atoms in total. The molecule has 0 spiro atoms. The Labute approximate surface area is 180 Å². The number of benzene rings is 1. The van der Waals surface area contributed by atoms with Crippen LogP contribution in [0.5, 0.6) is 0 Å². The van der Waals surface area contributed by atoms with E-state index in [-0.39, 0.29) is 18.4 Å². The molecule has 2 aromatic heterocycles. The summed E-state index contributed by atoms with van der Waals surface area (Å²) >= 11 is 7.36. The molecule has 0 saturated carbocycles. The molecule has 3 aromatic rings. The largest absolute Gasteiger partial charge is 0.480 e. The molecule has 0 bridgehead atoms. The topological polar surface area (TPSA) is 137 Å². The molecule has 3 atom stereocenters.